The number of nitrogens with one attached hydrogen (secondary N) is 1. The van der Waals surface area contributed by atoms with Crippen LogP contribution in [-0.2, 0) is 16.1 Å². The van der Waals surface area contributed by atoms with Crippen molar-refractivity contribution < 1.29 is 14.3 Å². The van der Waals surface area contributed by atoms with Gasteiger partial charge in [-0.3, -0.25) is 9.59 Å². The zero-order valence-corrected chi connectivity index (χ0v) is 14.3. The summed E-state index contributed by atoms with van der Waals surface area (Å²) in [4.78, 5) is 24.9. The molecule has 6 heteroatoms. The fourth-order valence-electron chi connectivity index (χ4n) is 1.95. The van der Waals surface area contributed by atoms with Crippen molar-refractivity contribution in [1.82, 2.24) is 10.2 Å². The number of amides is 2. The summed E-state index contributed by atoms with van der Waals surface area (Å²) >= 11 is 0. The first-order valence-electron chi connectivity index (χ1n) is 7.74. The van der Waals surface area contributed by atoms with Crippen molar-refractivity contribution in [2.75, 3.05) is 20.7 Å². The van der Waals surface area contributed by atoms with E-state index in [1.165, 1.54) is 4.90 Å². The smallest absolute Gasteiger partial charge is 0.259 e. The third-order valence-corrected chi connectivity index (χ3v) is 3.29. The first-order valence-corrected chi connectivity index (χ1v) is 7.74. The first-order chi connectivity index (χ1) is 10.8. The van der Waals surface area contributed by atoms with Crippen molar-refractivity contribution >= 4 is 11.8 Å². The minimum absolute atomic E-state index is 0.0118. The van der Waals surface area contributed by atoms with Crippen molar-refractivity contribution in [3.05, 3.63) is 29.8 Å². The molecule has 0 bridgehead atoms. The SMILES string of the molecule is CC(C)C[C@H](N)C(=O)NCc1cccc(OCC(=O)N(C)C)c1. The fourth-order valence-corrected chi connectivity index (χ4v) is 1.95. The molecular formula is C17H27N3O3. The van der Waals surface area contributed by atoms with Crippen LogP contribution in [0.4, 0.5) is 0 Å². The number of hydrogen-bond donors (Lipinski definition) is 2. The number of hydrogen-bond acceptors (Lipinski definition) is 4. The zero-order chi connectivity index (χ0) is 17.4. The highest BCUT2D eigenvalue weighted by Gasteiger charge is 2.14. The summed E-state index contributed by atoms with van der Waals surface area (Å²) in [5.74, 6) is 0.705. The molecule has 0 saturated carbocycles. The van der Waals surface area contributed by atoms with Crippen LogP contribution in [0.15, 0.2) is 24.3 Å². The van der Waals surface area contributed by atoms with E-state index >= 15 is 0 Å². The molecule has 1 atom stereocenters. The number of ether oxygens (including phenoxy) is 1. The molecule has 0 spiro atoms. The van der Waals surface area contributed by atoms with Crippen molar-refractivity contribution in [3.63, 3.8) is 0 Å². The van der Waals surface area contributed by atoms with Crippen LogP contribution < -0.4 is 15.8 Å². The average molecular weight is 321 g/mol. The predicted molar refractivity (Wildman–Crippen MR) is 89.9 cm³/mol. The Morgan fingerprint density at radius 1 is 1.30 bits per heavy atom. The maximum Gasteiger partial charge on any atom is 0.259 e. The number of nitrogens with two attached hydrogens (primary N) is 1. The Hall–Kier alpha value is -2.08. The molecular weight excluding hydrogens is 294 g/mol. The standard InChI is InChI=1S/C17H27N3O3/c1-12(2)8-15(18)17(22)19-10-13-6-5-7-14(9-13)23-11-16(21)20(3)4/h5-7,9,12,15H,8,10-11,18H2,1-4H3,(H,19,22)/t15-/m0/s1. The van der Waals surface area contributed by atoms with E-state index in [1.54, 1.807) is 26.2 Å². The zero-order valence-electron chi connectivity index (χ0n) is 14.3. The van der Waals surface area contributed by atoms with Gasteiger partial charge in [-0.15, -0.1) is 0 Å². The third kappa shape index (κ3) is 7.15. The van der Waals surface area contributed by atoms with Gasteiger partial charge in [0, 0.05) is 20.6 Å². The maximum atomic E-state index is 11.9. The summed E-state index contributed by atoms with van der Waals surface area (Å²) < 4.78 is 5.45. The molecule has 0 fully saturated rings. The van der Waals surface area contributed by atoms with Crippen LogP contribution in [0.3, 0.4) is 0 Å². The molecule has 0 radical (unpaired) electrons. The van der Waals surface area contributed by atoms with Gasteiger partial charge in [-0.05, 0) is 30.0 Å². The van der Waals surface area contributed by atoms with Crippen LogP contribution in [-0.4, -0.2) is 43.5 Å². The Morgan fingerprint density at radius 3 is 2.61 bits per heavy atom. The molecule has 0 aliphatic heterocycles. The van der Waals surface area contributed by atoms with Crippen LogP contribution in [0.2, 0.25) is 0 Å². The lowest BCUT2D eigenvalue weighted by atomic mass is 10.0. The molecule has 0 heterocycles. The molecule has 0 aliphatic carbocycles. The third-order valence-electron chi connectivity index (χ3n) is 3.29. The molecule has 0 aromatic heterocycles. The Kier molecular flexibility index (Phi) is 7.54. The minimum Gasteiger partial charge on any atom is -0.484 e. The number of carbonyl (C=O) groups is 2. The summed E-state index contributed by atoms with van der Waals surface area (Å²) in [5, 5.41) is 2.82. The average Bonchev–Trinajstić information content (AvgIpc) is 2.49. The number of carbonyl (C=O) groups excluding carboxylic acids is 2. The molecule has 6 nitrogen and oxygen atoms in total. The van der Waals surface area contributed by atoms with Crippen LogP contribution in [0, 0.1) is 5.92 Å². The second kappa shape index (κ2) is 9.15. The second-order valence-corrected chi connectivity index (χ2v) is 6.18. The number of rotatable bonds is 8. The van der Waals surface area contributed by atoms with Gasteiger partial charge in [-0.1, -0.05) is 26.0 Å². The molecule has 0 aliphatic rings. The van der Waals surface area contributed by atoms with Crippen LogP contribution in [0.1, 0.15) is 25.8 Å². The number of benzene rings is 1. The van der Waals surface area contributed by atoms with Gasteiger partial charge in [0.15, 0.2) is 6.61 Å². The summed E-state index contributed by atoms with van der Waals surface area (Å²) in [6.45, 7) is 4.43. The molecule has 2 amide bonds. The van der Waals surface area contributed by atoms with Gasteiger partial charge >= 0.3 is 0 Å². The second-order valence-electron chi connectivity index (χ2n) is 6.18. The molecule has 3 N–H and O–H groups in total. The predicted octanol–water partition coefficient (Wildman–Crippen LogP) is 1.14. The van der Waals surface area contributed by atoms with E-state index in [0.29, 0.717) is 24.6 Å². The molecule has 1 aromatic carbocycles. The highest BCUT2D eigenvalue weighted by molar-refractivity contribution is 5.81. The molecule has 1 rings (SSSR count). The van der Waals surface area contributed by atoms with Gasteiger partial charge in [0.1, 0.15) is 5.75 Å². The Labute approximate surface area is 138 Å². The Balaban J connectivity index is 2.50. The minimum atomic E-state index is -0.493. The number of likely N-dealkylation sites (N-methyl/N-ethyl adjacent to an activating group) is 1. The molecule has 1 aromatic rings. The van der Waals surface area contributed by atoms with E-state index in [1.807, 2.05) is 26.0 Å². The quantitative estimate of drug-likeness (QED) is 0.752. The van der Waals surface area contributed by atoms with Crippen molar-refractivity contribution in [1.29, 1.82) is 0 Å². The van der Waals surface area contributed by atoms with Gasteiger partial charge < -0.3 is 20.7 Å². The maximum absolute atomic E-state index is 11.9. The van der Waals surface area contributed by atoms with E-state index in [-0.39, 0.29) is 18.4 Å². The van der Waals surface area contributed by atoms with Crippen molar-refractivity contribution in [3.8, 4) is 5.75 Å². The van der Waals surface area contributed by atoms with Gasteiger partial charge in [0.2, 0.25) is 5.91 Å². The largest absolute Gasteiger partial charge is 0.484 e. The van der Waals surface area contributed by atoms with Crippen molar-refractivity contribution in [2.24, 2.45) is 11.7 Å². The molecule has 128 valence electrons. The highest BCUT2D eigenvalue weighted by Crippen LogP contribution is 2.13. The van der Waals surface area contributed by atoms with Gasteiger partial charge in [0.05, 0.1) is 6.04 Å². The summed E-state index contributed by atoms with van der Waals surface area (Å²) in [5.41, 5.74) is 6.74. The topological polar surface area (TPSA) is 84.7 Å². The molecule has 0 unspecified atom stereocenters. The van der Waals surface area contributed by atoms with Crippen LogP contribution >= 0.6 is 0 Å². The van der Waals surface area contributed by atoms with E-state index in [2.05, 4.69) is 5.32 Å². The molecule has 0 saturated heterocycles. The van der Waals surface area contributed by atoms with E-state index in [0.717, 1.165) is 5.56 Å². The normalized spacial score (nSPS) is 11.9. The van der Waals surface area contributed by atoms with Gasteiger partial charge in [-0.25, -0.2) is 0 Å². The van der Waals surface area contributed by atoms with Crippen LogP contribution in [0.25, 0.3) is 0 Å². The van der Waals surface area contributed by atoms with E-state index in [4.69, 9.17) is 10.5 Å². The lowest BCUT2D eigenvalue weighted by Crippen LogP contribution is -2.41. The van der Waals surface area contributed by atoms with E-state index in [9.17, 15) is 9.59 Å². The van der Waals surface area contributed by atoms with Gasteiger partial charge in [-0.2, -0.15) is 0 Å². The highest BCUT2D eigenvalue weighted by atomic mass is 16.5. The Bertz CT molecular complexity index is 530. The summed E-state index contributed by atoms with van der Waals surface area (Å²) in [7, 11) is 3.36. The molecule has 23 heavy (non-hydrogen) atoms. The summed E-state index contributed by atoms with van der Waals surface area (Å²) in [6.07, 6.45) is 0.654. The van der Waals surface area contributed by atoms with Gasteiger partial charge in [0.25, 0.3) is 5.91 Å². The van der Waals surface area contributed by atoms with E-state index < -0.39 is 6.04 Å². The lowest BCUT2D eigenvalue weighted by molar-refractivity contribution is -0.130. The monoisotopic (exact) mass is 321 g/mol. The Morgan fingerprint density at radius 2 is 2.00 bits per heavy atom. The van der Waals surface area contributed by atoms with Crippen molar-refractivity contribution in [2.45, 2.75) is 32.9 Å². The lowest BCUT2D eigenvalue weighted by Gasteiger charge is -2.15. The summed E-state index contributed by atoms with van der Waals surface area (Å²) in [6, 6.07) is 6.79. The first kappa shape index (κ1) is 19.0. The number of nitrogens with zero attached hydrogens (tertiary/aromatic N) is 1. The van der Waals surface area contributed by atoms with Crippen LogP contribution in [0.5, 0.6) is 5.75 Å². The fraction of sp³-hybridized carbons (Fsp3) is 0.529.